The summed E-state index contributed by atoms with van der Waals surface area (Å²) in [4.78, 5) is 9.17. The smallest absolute Gasteiger partial charge is 0.124 e. The van der Waals surface area contributed by atoms with E-state index in [-0.39, 0.29) is 47.2 Å². The summed E-state index contributed by atoms with van der Waals surface area (Å²) in [5, 5.41) is 20.9. The van der Waals surface area contributed by atoms with E-state index in [4.69, 9.17) is 0 Å². The van der Waals surface area contributed by atoms with Gasteiger partial charge in [0.2, 0.25) is 0 Å². The van der Waals surface area contributed by atoms with E-state index in [1.165, 1.54) is 11.1 Å². The summed E-state index contributed by atoms with van der Waals surface area (Å²) < 4.78 is 0. The zero-order valence-corrected chi connectivity index (χ0v) is 29.2. The zero-order valence-electron chi connectivity index (χ0n) is 26.2. The van der Waals surface area contributed by atoms with Crippen molar-refractivity contribution in [1.29, 1.82) is 0 Å². The van der Waals surface area contributed by atoms with Gasteiger partial charge in [0.1, 0.15) is 11.5 Å². The summed E-state index contributed by atoms with van der Waals surface area (Å²) in [7, 11) is 0. The molecular formula is C37H42N2O2Zn. The van der Waals surface area contributed by atoms with Gasteiger partial charge in [0.15, 0.2) is 0 Å². The third kappa shape index (κ3) is 7.83. The van der Waals surface area contributed by atoms with Gasteiger partial charge in [-0.25, -0.2) is 0 Å². The van der Waals surface area contributed by atoms with Crippen LogP contribution in [0.25, 0.3) is 0 Å². The average Bonchev–Trinajstić information content (AvgIpc) is 2.91. The maximum Gasteiger partial charge on any atom is 0.124 e. The molecule has 4 aromatic carbocycles. The summed E-state index contributed by atoms with van der Waals surface area (Å²) >= 11 is 0. The number of nitrogens with zero attached hydrogens (tertiary/aromatic N) is 2. The maximum absolute atomic E-state index is 10.5. The Morgan fingerprint density at radius 3 is 1.07 bits per heavy atom. The normalized spacial score (nSPS) is 12.6. The van der Waals surface area contributed by atoms with Crippen molar-refractivity contribution in [3.63, 3.8) is 0 Å². The molecule has 214 valence electrons. The molecule has 0 aliphatic rings. The Labute approximate surface area is 264 Å². The van der Waals surface area contributed by atoms with Crippen LogP contribution in [0.1, 0.15) is 88.8 Å². The monoisotopic (exact) mass is 610 g/mol. The predicted molar refractivity (Wildman–Crippen MR) is 173 cm³/mol. The minimum atomic E-state index is -0.216. The molecule has 2 N–H and O–H groups in total. The van der Waals surface area contributed by atoms with E-state index in [1.807, 2.05) is 60.7 Å². The van der Waals surface area contributed by atoms with Crippen LogP contribution in [0.15, 0.2) is 94.9 Å². The van der Waals surface area contributed by atoms with Crippen LogP contribution < -0.4 is 0 Å². The number of phenolic OH excluding ortho intramolecular Hbond substituents is 2. The fourth-order valence-corrected chi connectivity index (χ4v) is 4.62. The van der Waals surface area contributed by atoms with Crippen molar-refractivity contribution in [2.75, 3.05) is 0 Å². The first kappa shape index (κ1) is 33.0. The quantitative estimate of drug-likeness (QED) is 0.168. The molecule has 0 aliphatic heterocycles. The third-order valence-corrected chi connectivity index (χ3v) is 7.68. The van der Waals surface area contributed by atoms with Crippen molar-refractivity contribution in [1.82, 2.24) is 0 Å². The van der Waals surface area contributed by atoms with E-state index in [0.29, 0.717) is 11.1 Å². The molecule has 0 saturated carbocycles. The summed E-state index contributed by atoms with van der Waals surface area (Å²) in [6.45, 7) is 17.2. The largest absolute Gasteiger partial charge is 0.507 e. The summed E-state index contributed by atoms with van der Waals surface area (Å²) in [5.41, 5.74) is 7.31. The zero-order chi connectivity index (χ0) is 30.0. The molecule has 0 bridgehead atoms. The standard InChI is InChI=1S/C37H42N2O2.Zn/c1-35(2,3)29-11-9-25(33(40)21-29)23-38-31-17-13-27(14-18-31)37(7,8)28-15-19-32(20-16-28)39-24-26-10-12-30(22-34(26)41)36(4,5)6;/h9-24,40-41H,1-8H3;. The minimum absolute atomic E-state index is 0. The SMILES string of the molecule is CC(C)(C)c1ccc(C=Nc2ccc(C(C)(C)c3ccc(N=Cc4ccc(C(C)(C)C)cc4O)cc3)cc2)c(O)c1.[Zn]. The van der Waals surface area contributed by atoms with E-state index in [9.17, 15) is 10.2 Å². The van der Waals surface area contributed by atoms with Crippen molar-refractivity contribution >= 4 is 23.8 Å². The summed E-state index contributed by atoms with van der Waals surface area (Å²) in [5.74, 6) is 0.476. The van der Waals surface area contributed by atoms with Gasteiger partial charge in [-0.05, 0) is 81.6 Å². The molecule has 0 aromatic heterocycles. The van der Waals surface area contributed by atoms with Crippen LogP contribution in [0.2, 0.25) is 0 Å². The molecule has 0 fully saturated rings. The van der Waals surface area contributed by atoms with Crippen molar-refractivity contribution < 1.29 is 29.7 Å². The molecule has 4 nitrogen and oxygen atoms in total. The van der Waals surface area contributed by atoms with Gasteiger partial charge in [0.05, 0.1) is 11.4 Å². The van der Waals surface area contributed by atoms with Crippen LogP contribution in [0.4, 0.5) is 11.4 Å². The molecule has 42 heavy (non-hydrogen) atoms. The average molecular weight is 612 g/mol. The number of hydrogen-bond donors (Lipinski definition) is 2. The van der Waals surface area contributed by atoms with Crippen LogP contribution in [0.5, 0.6) is 11.5 Å². The molecule has 0 atom stereocenters. The Bertz CT molecular complexity index is 1450. The Morgan fingerprint density at radius 2 is 0.786 bits per heavy atom. The van der Waals surface area contributed by atoms with Crippen molar-refractivity contribution in [3.8, 4) is 11.5 Å². The molecule has 4 aromatic rings. The van der Waals surface area contributed by atoms with Gasteiger partial charge < -0.3 is 10.2 Å². The molecule has 0 unspecified atom stereocenters. The number of benzene rings is 4. The number of aliphatic imine (C=N–C) groups is 2. The number of hydrogen-bond acceptors (Lipinski definition) is 4. The molecule has 5 heteroatoms. The van der Waals surface area contributed by atoms with Crippen LogP contribution in [0, 0.1) is 0 Å². The van der Waals surface area contributed by atoms with E-state index in [1.54, 1.807) is 12.4 Å². The first-order valence-electron chi connectivity index (χ1n) is 14.1. The van der Waals surface area contributed by atoms with Gasteiger partial charge in [-0.2, -0.15) is 0 Å². The van der Waals surface area contributed by atoms with Crippen LogP contribution >= 0.6 is 0 Å². The van der Waals surface area contributed by atoms with Crippen molar-refractivity contribution in [3.05, 3.63) is 118 Å². The van der Waals surface area contributed by atoms with Crippen molar-refractivity contribution in [2.24, 2.45) is 9.98 Å². The summed E-state index contributed by atoms with van der Waals surface area (Å²) in [6.07, 6.45) is 3.42. The number of rotatable bonds is 6. The molecule has 0 spiro atoms. The fraction of sp³-hybridized carbons (Fsp3) is 0.297. The molecule has 0 saturated heterocycles. The Kier molecular flexibility index (Phi) is 10.0. The minimum Gasteiger partial charge on any atom is -0.507 e. The second-order valence-electron chi connectivity index (χ2n) is 13.3. The maximum atomic E-state index is 10.5. The van der Waals surface area contributed by atoms with E-state index < -0.39 is 0 Å². The fourth-order valence-electron chi connectivity index (χ4n) is 4.62. The van der Waals surface area contributed by atoms with Crippen LogP contribution in [-0.4, -0.2) is 22.6 Å². The molecule has 0 radical (unpaired) electrons. The van der Waals surface area contributed by atoms with Gasteiger partial charge in [-0.3, -0.25) is 9.98 Å². The Balaban J connectivity index is 0.00000484. The van der Waals surface area contributed by atoms with Gasteiger partial charge in [-0.1, -0.05) is 91.8 Å². The van der Waals surface area contributed by atoms with Crippen molar-refractivity contribution in [2.45, 2.75) is 71.6 Å². The Morgan fingerprint density at radius 1 is 0.476 bits per heavy atom. The van der Waals surface area contributed by atoms with Gasteiger partial charge >= 0.3 is 0 Å². The molecule has 0 amide bonds. The number of phenols is 2. The first-order valence-corrected chi connectivity index (χ1v) is 14.1. The predicted octanol–water partition coefficient (Wildman–Crippen LogP) is 9.52. The van der Waals surface area contributed by atoms with Gasteiger partial charge in [0.25, 0.3) is 0 Å². The van der Waals surface area contributed by atoms with E-state index in [2.05, 4.69) is 89.6 Å². The molecule has 0 heterocycles. The molecule has 0 aliphatic carbocycles. The number of aromatic hydroxyl groups is 2. The molecular weight excluding hydrogens is 570 g/mol. The van der Waals surface area contributed by atoms with Crippen LogP contribution in [0.3, 0.4) is 0 Å². The second kappa shape index (κ2) is 12.8. The van der Waals surface area contributed by atoms with Crippen LogP contribution in [-0.2, 0) is 35.7 Å². The first-order chi connectivity index (χ1) is 19.1. The molecule has 4 rings (SSSR count). The topological polar surface area (TPSA) is 65.2 Å². The van der Waals surface area contributed by atoms with E-state index >= 15 is 0 Å². The van der Waals surface area contributed by atoms with Gasteiger partial charge in [-0.15, -0.1) is 0 Å². The third-order valence-electron chi connectivity index (χ3n) is 7.68. The van der Waals surface area contributed by atoms with E-state index in [0.717, 1.165) is 22.5 Å². The second-order valence-corrected chi connectivity index (χ2v) is 13.3. The van der Waals surface area contributed by atoms with Gasteiger partial charge in [0, 0.05) is 48.4 Å². The summed E-state index contributed by atoms with van der Waals surface area (Å²) in [6, 6.07) is 28.0. The Hall–Kier alpha value is -3.56.